The number of aliphatic hydroxyl groups is 1. The normalized spacial score (nSPS) is 11.5. The molecule has 3 aromatic heterocycles. The van der Waals surface area contributed by atoms with E-state index in [1.165, 1.54) is 0 Å². The summed E-state index contributed by atoms with van der Waals surface area (Å²) in [5, 5.41) is 23.2. The third kappa shape index (κ3) is 3.40. The second-order valence-corrected chi connectivity index (χ2v) is 8.25. The van der Waals surface area contributed by atoms with Gasteiger partial charge in [-0.1, -0.05) is 30.3 Å². The Bertz CT molecular complexity index is 1450. The van der Waals surface area contributed by atoms with Crippen LogP contribution < -0.4 is 5.32 Å². The number of aliphatic hydroxyl groups excluding tert-OH is 1. The molecule has 5 aromatic rings. The number of hydrogen-bond donors (Lipinski definition) is 2. The lowest BCUT2D eigenvalue weighted by Gasteiger charge is -2.10. The van der Waals surface area contributed by atoms with Gasteiger partial charge in [0.1, 0.15) is 5.82 Å². The van der Waals surface area contributed by atoms with Gasteiger partial charge in [0.05, 0.1) is 23.5 Å². The Morgan fingerprint density at radius 1 is 0.906 bits per heavy atom. The minimum Gasteiger partial charge on any atom is -0.392 e. The molecule has 0 saturated heterocycles. The summed E-state index contributed by atoms with van der Waals surface area (Å²) in [5.41, 5.74) is 8.97. The molecule has 0 aliphatic rings. The zero-order valence-electron chi connectivity index (χ0n) is 18.7. The van der Waals surface area contributed by atoms with E-state index in [0.717, 1.165) is 61.7 Å². The second-order valence-electron chi connectivity index (χ2n) is 8.25. The predicted molar refractivity (Wildman–Crippen MR) is 127 cm³/mol. The van der Waals surface area contributed by atoms with Gasteiger partial charge in [-0.15, -0.1) is 0 Å². The van der Waals surface area contributed by atoms with Crippen LogP contribution >= 0.6 is 0 Å². The topological polar surface area (TPSA) is 80.3 Å². The molecule has 0 fully saturated rings. The largest absolute Gasteiger partial charge is 0.392 e. The summed E-state index contributed by atoms with van der Waals surface area (Å²) in [7, 11) is 1.97. The van der Waals surface area contributed by atoms with Crippen LogP contribution in [0.15, 0.2) is 48.5 Å². The second kappa shape index (κ2) is 7.76. The third-order valence-electron chi connectivity index (χ3n) is 5.89. The molecule has 0 spiro atoms. The molecule has 162 valence electrons. The van der Waals surface area contributed by atoms with Crippen LogP contribution in [0.3, 0.4) is 0 Å². The maximum atomic E-state index is 9.24. The molecule has 0 bridgehead atoms. The highest BCUT2D eigenvalue weighted by molar-refractivity contribution is 5.90. The first kappa shape index (κ1) is 20.2. The number of fused-ring (bicyclic) bond motifs is 2. The molecule has 5 rings (SSSR count). The van der Waals surface area contributed by atoms with Gasteiger partial charge in [0, 0.05) is 36.3 Å². The van der Waals surface area contributed by atoms with Crippen LogP contribution in [0, 0.1) is 20.8 Å². The molecule has 7 heteroatoms. The Kier molecular flexibility index (Phi) is 4.90. The van der Waals surface area contributed by atoms with Crippen LogP contribution in [-0.2, 0) is 20.2 Å². The molecule has 3 heterocycles. The Morgan fingerprint density at radius 3 is 2.41 bits per heavy atom. The highest BCUT2D eigenvalue weighted by atomic mass is 16.3. The van der Waals surface area contributed by atoms with E-state index < -0.39 is 0 Å². The molecule has 0 amide bonds. The van der Waals surface area contributed by atoms with Gasteiger partial charge in [-0.05, 0) is 49.6 Å². The van der Waals surface area contributed by atoms with Gasteiger partial charge in [0.15, 0.2) is 5.65 Å². The van der Waals surface area contributed by atoms with Gasteiger partial charge in [-0.3, -0.25) is 4.68 Å². The first-order chi connectivity index (χ1) is 15.4. The highest BCUT2D eigenvalue weighted by Gasteiger charge is 2.17. The summed E-state index contributed by atoms with van der Waals surface area (Å²) in [5.74, 6) is 0.895. The van der Waals surface area contributed by atoms with Crippen LogP contribution in [0.2, 0.25) is 0 Å². The van der Waals surface area contributed by atoms with Crippen molar-refractivity contribution in [2.75, 3.05) is 5.32 Å². The maximum absolute atomic E-state index is 9.24. The van der Waals surface area contributed by atoms with Crippen molar-refractivity contribution in [2.45, 2.75) is 33.9 Å². The molecule has 0 saturated carbocycles. The molecule has 32 heavy (non-hydrogen) atoms. The van der Waals surface area contributed by atoms with E-state index >= 15 is 0 Å². The van der Waals surface area contributed by atoms with E-state index in [9.17, 15) is 5.11 Å². The fourth-order valence-corrected chi connectivity index (χ4v) is 4.26. The SMILES string of the molecule is Cc1cc(NCc2ccc(CO)cc2)n2nc(C)c(-c3ccc4c(c3)c(C)nn4C)c2n1. The van der Waals surface area contributed by atoms with Crippen molar-refractivity contribution in [1.29, 1.82) is 0 Å². The number of hydrogen-bond acceptors (Lipinski definition) is 5. The van der Waals surface area contributed by atoms with Crippen molar-refractivity contribution in [3.63, 3.8) is 0 Å². The highest BCUT2D eigenvalue weighted by Crippen LogP contribution is 2.32. The number of aromatic nitrogens is 5. The summed E-state index contributed by atoms with van der Waals surface area (Å²) in [6.07, 6.45) is 0. The molecule has 2 aromatic carbocycles. The third-order valence-corrected chi connectivity index (χ3v) is 5.89. The van der Waals surface area contributed by atoms with Crippen LogP contribution in [0.1, 0.15) is 28.2 Å². The Balaban J connectivity index is 1.56. The molecular formula is C25H26N6O. The van der Waals surface area contributed by atoms with Crippen molar-refractivity contribution in [2.24, 2.45) is 7.05 Å². The number of benzene rings is 2. The van der Waals surface area contributed by atoms with Gasteiger partial charge in [-0.25, -0.2) is 4.98 Å². The van der Waals surface area contributed by atoms with Gasteiger partial charge < -0.3 is 10.4 Å². The number of nitrogens with zero attached hydrogens (tertiary/aromatic N) is 5. The first-order valence-electron chi connectivity index (χ1n) is 10.7. The maximum Gasteiger partial charge on any atom is 0.165 e. The van der Waals surface area contributed by atoms with Crippen LogP contribution in [0.5, 0.6) is 0 Å². The molecular weight excluding hydrogens is 400 g/mol. The quantitative estimate of drug-likeness (QED) is 0.438. The molecule has 0 radical (unpaired) electrons. The average molecular weight is 427 g/mol. The van der Waals surface area contributed by atoms with Gasteiger partial charge in [-0.2, -0.15) is 14.7 Å². The van der Waals surface area contributed by atoms with E-state index in [1.807, 2.05) is 67.3 Å². The van der Waals surface area contributed by atoms with Gasteiger partial charge in [0.25, 0.3) is 0 Å². The van der Waals surface area contributed by atoms with E-state index in [2.05, 4.69) is 28.6 Å². The lowest BCUT2D eigenvalue weighted by atomic mass is 10.0. The average Bonchev–Trinajstić information content (AvgIpc) is 3.27. The van der Waals surface area contributed by atoms with Crippen molar-refractivity contribution < 1.29 is 5.11 Å². The van der Waals surface area contributed by atoms with E-state index in [4.69, 9.17) is 10.1 Å². The lowest BCUT2D eigenvalue weighted by molar-refractivity contribution is 0.282. The zero-order chi connectivity index (χ0) is 22.4. The van der Waals surface area contributed by atoms with Gasteiger partial charge in [0.2, 0.25) is 0 Å². The summed E-state index contributed by atoms with van der Waals surface area (Å²) in [6, 6.07) is 16.4. The predicted octanol–water partition coefficient (Wildman–Crippen LogP) is 4.31. The Hall–Kier alpha value is -3.71. The van der Waals surface area contributed by atoms with Crippen molar-refractivity contribution in [1.82, 2.24) is 24.4 Å². The summed E-state index contributed by atoms with van der Waals surface area (Å²) in [4.78, 5) is 4.83. The minimum absolute atomic E-state index is 0.0532. The number of rotatable bonds is 5. The van der Waals surface area contributed by atoms with E-state index in [0.29, 0.717) is 6.54 Å². The fraction of sp³-hybridized carbons (Fsp3) is 0.240. The minimum atomic E-state index is 0.0532. The van der Waals surface area contributed by atoms with Crippen molar-refractivity contribution >= 4 is 22.4 Å². The molecule has 0 atom stereocenters. The molecule has 0 unspecified atom stereocenters. The number of nitrogens with one attached hydrogen (secondary N) is 1. The van der Waals surface area contributed by atoms with Crippen LogP contribution in [-0.4, -0.2) is 29.5 Å². The van der Waals surface area contributed by atoms with Crippen molar-refractivity contribution in [3.05, 3.63) is 76.7 Å². The zero-order valence-corrected chi connectivity index (χ0v) is 18.7. The molecule has 2 N–H and O–H groups in total. The first-order valence-corrected chi connectivity index (χ1v) is 10.7. The number of aryl methyl sites for hydroxylation is 4. The fourth-order valence-electron chi connectivity index (χ4n) is 4.26. The number of anilines is 1. The van der Waals surface area contributed by atoms with E-state index in [-0.39, 0.29) is 6.61 Å². The summed E-state index contributed by atoms with van der Waals surface area (Å²) >= 11 is 0. The lowest BCUT2D eigenvalue weighted by Crippen LogP contribution is -2.07. The molecule has 7 nitrogen and oxygen atoms in total. The Morgan fingerprint density at radius 2 is 1.66 bits per heavy atom. The molecule has 0 aliphatic heterocycles. The van der Waals surface area contributed by atoms with E-state index in [1.54, 1.807) is 0 Å². The standard InChI is InChI=1S/C25H26N6O/c1-15-11-23(26-13-18-5-7-19(14-32)8-6-18)31-25(27-15)24(17(3)29-31)20-9-10-22-21(12-20)16(2)28-30(22)4/h5-12,26,32H,13-14H2,1-4H3. The van der Waals surface area contributed by atoms with Crippen LogP contribution in [0.25, 0.3) is 27.7 Å². The molecule has 0 aliphatic carbocycles. The Labute approximate surface area is 186 Å². The van der Waals surface area contributed by atoms with Crippen LogP contribution in [0.4, 0.5) is 5.82 Å². The van der Waals surface area contributed by atoms with Crippen molar-refractivity contribution in [3.8, 4) is 11.1 Å². The monoisotopic (exact) mass is 426 g/mol. The smallest absolute Gasteiger partial charge is 0.165 e. The van der Waals surface area contributed by atoms with Gasteiger partial charge >= 0.3 is 0 Å². The summed E-state index contributed by atoms with van der Waals surface area (Å²) in [6.45, 7) is 6.77. The summed E-state index contributed by atoms with van der Waals surface area (Å²) < 4.78 is 3.80.